The van der Waals surface area contributed by atoms with Gasteiger partial charge in [0.15, 0.2) is 0 Å². The third-order valence-electron chi connectivity index (χ3n) is 2.02. The monoisotopic (exact) mass is 245 g/mol. The van der Waals surface area contributed by atoms with Crippen LogP contribution in [0, 0.1) is 12.3 Å². The summed E-state index contributed by atoms with van der Waals surface area (Å²) in [6.45, 7) is 0. The Labute approximate surface area is 91.3 Å². The second-order valence-corrected chi connectivity index (χ2v) is 3.84. The minimum Gasteiger partial charge on any atom is -0.251 e. The Hall–Kier alpha value is -1.33. The zero-order valence-corrected chi connectivity index (χ0v) is 9.08. The number of halogens is 1. The van der Waals surface area contributed by atoms with E-state index in [1.54, 1.807) is 0 Å². The average molecular weight is 246 g/mol. The molecule has 68 valence electrons. The van der Waals surface area contributed by atoms with Gasteiger partial charge in [0.05, 0.1) is 17.6 Å². The topological polar surface area (TPSA) is 12.9 Å². The lowest BCUT2D eigenvalue weighted by molar-refractivity contribution is 1.15. The molecule has 2 heteroatoms. The number of para-hydroxylation sites is 1. The van der Waals surface area contributed by atoms with Crippen molar-refractivity contribution in [2.24, 2.45) is 0 Å². The number of terminal acetylenes is 1. The van der Waals surface area contributed by atoms with Crippen LogP contribution < -0.4 is 0 Å². The molecule has 1 nitrogen and oxygen atoms in total. The normalized spacial score (nSPS) is 10.0. The van der Waals surface area contributed by atoms with Crippen molar-refractivity contribution >= 4 is 26.8 Å². The molecule has 1 aromatic heterocycles. The SMILES string of the molecule is C#CCc1nc2ccccc2cc1Br. The molecule has 0 aliphatic rings. The molecule has 14 heavy (non-hydrogen) atoms. The van der Waals surface area contributed by atoms with Crippen molar-refractivity contribution in [2.75, 3.05) is 0 Å². The van der Waals surface area contributed by atoms with Crippen molar-refractivity contribution in [3.8, 4) is 12.3 Å². The Kier molecular flexibility index (Phi) is 2.51. The number of hydrogen-bond acceptors (Lipinski definition) is 1. The van der Waals surface area contributed by atoms with E-state index in [0.29, 0.717) is 6.42 Å². The molecule has 2 rings (SSSR count). The molecule has 0 unspecified atom stereocenters. The quantitative estimate of drug-likeness (QED) is 0.704. The number of nitrogens with zero attached hydrogens (tertiary/aromatic N) is 1. The molecule has 0 spiro atoms. The summed E-state index contributed by atoms with van der Waals surface area (Å²) in [5, 5.41) is 1.13. The first-order chi connectivity index (χ1) is 6.81. The smallest absolute Gasteiger partial charge is 0.0706 e. The zero-order chi connectivity index (χ0) is 9.97. The number of aromatic nitrogens is 1. The van der Waals surface area contributed by atoms with E-state index >= 15 is 0 Å². The number of hydrogen-bond donors (Lipinski definition) is 0. The van der Waals surface area contributed by atoms with Crippen molar-refractivity contribution in [3.05, 3.63) is 40.5 Å². The van der Waals surface area contributed by atoms with Crippen LogP contribution in [-0.2, 0) is 6.42 Å². The zero-order valence-electron chi connectivity index (χ0n) is 7.50. The van der Waals surface area contributed by atoms with Gasteiger partial charge < -0.3 is 0 Å². The number of pyridine rings is 1. The van der Waals surface area contributed by atoms with Crippen LogP contribution in [0.1, 0.15) is 5.69 Å². The lowest BCUT2D eigenvalue weighted by Crippen LogP contribution is -1.90. The molecule has 2 aromatic rings. The summed E-state index contributed by atoms with van der Waals surface area (Å²) in [7, 11) is 0. The summed E-state index contributed by atoms with van der Waals surface area (Å²) < 4.78 is 0.981. The predicted molar refractivity (Wildman–Crippen MR) is 62.0 cm³/mol. The van der Waals surface area contributed by atoms with E-state index in [9.17, 15) is 0 Å². The standard InChI is InChI=1S/C12H8BrN/c1-2-5-12-10(13)8-9-6-3-4-7-11(9)14-12/h1,3-4,6-8H,5H2. The molecule has 0 saturated heterocycles. The lowest BCUT2D eigenvalue weighted by atomic mass is 10.2. The van der Waals surface area contributed by atoms with Crippen LogP contribution in [0.15, 0.2) is 34.8 Å². The minimum absolute atomic E-state index is 0.561. The second-order valence-electron chi connectivity index (χ2n) is 2.99. The molecular weight excluding hydrogens is 238 g/mol. The van der Waals surface area contributed by atoms with Crippen LogP contribution in [0.5, 0.6) is 0 Å². The Balaban J connectivity index is 2.66. The first-order valence-electron chi connectivity index (χ1n) is 4.29. The summed E-state index contributed by atoms with van der Waals surface area (Å²) in [4.78, 5) is 4.48. The molecule has 0 amide bonds. The van der Waals surface area contributed by atoms with E-state index < -0.39 is 0 Å². The molecule has 0 aliphatic carbocycles. The van der Waals surface area contributed by atoms with Gasteiger partial charge in [-0.05, 0) is 28.1 Å². The highest BCUT2D eigenvalue weighted by atomic mass is 79.9. The van der Waals surface area contributed by atoms with Gasteiger partial charge in [0, 0.05) is 9.86 Å². The molecule has 0 radical (unpaired) electrons. The van der Waals surface area contributed by atoms with E-state index in [0.717, 1.165) is 21.1 Å². The summed E-state index contributed by atoms with van der Waals surface area (Å²) in [6, 6.07) is 10.0. The average Bonchev–Trinajstić information content (AvgIpc) is 2.19. The fourth-order valence-corrected chi connectivity index (χ4v) is 1.83. The molecule has 0 N–H and O–H groups in total. The fraction of sp³-hybridized carbons (Fsp3) is 0.0833. The summed E-state index contributed by atoms with van der Waals surface area (Å²) in [5.41, 5.74) is 1.91. The highest BCUT2D eigenvalue weighted by Crippen LogP contribution is 2.21. The minimum atomic E-state index is 0.561. The van der Waals surface area contributed by atoms with Gasteiger partial charge >= 0.3 is 0 Å². The third kappa shape index (κ3) is 1.64. The van der Waals surface area contributed by atoms with E-state index in [2.05, 4.69) is 32.9 Å². The van der Waals surface area contributed by atoms with Gasteiger partial charge in [0.1, 0.15) is 0 Å². The Bertz CT molecular complexity index is 511. The van der Waals surface area contributed by atoms with E-state index in [-0.39, 0.29) is 0 Å². The predicted octanol–water partition coefficient (Wildman–Crippen LogP) is 3.17. The second kappa shape index (κ2) is 3.81. The van der Waals surface area contributed by atoms with Crippen LogP contribution in [0.4, 0.5) is 0 Å². The highest BCUT2D eigenvalue weighted by molar-refractivity contribution is 9.10. The van der Waals surface area contributed by atoms with E-state index in [1.165, 1.54) is 0 Å². The van der Waals surface area contributed by atoms with Gasteiger partial charge in [-0.3, -0.25) is 4.98 Å². The highest BCUT2D eigenvalue weighted by Gasteiger charge is 2.02. The Morgan fingerprint density at radius 2 is 2.14 bits per heavy atom. The Morgan fingerprint density at radius 3 is 2.93 bits per heavy atom. The van der Waals surface area contributed by atoms with Gasteiger partial charge in [-0.15, -0.1) is 12.3 Å². The van der Waals surface area contributed by atoms with Crippen molar-refractivity contribution in [3.63, 3.8) is 0 Å². The van der Waals surface area contributed by atoms with Gasteiger partial charge in [-0.25, -0.2) is 0 Å². The van der Waals surface area contributed by atoms with Gasteiger partial charge in [-0.1, -0.05) is 18.2 Å². The summed E-state index contributed by atoms with van der Waals surface area (Å²) in [6.07, 6.45) is 5.82. The number of fused-ring (bicyclic) bond motifs is 1. The first kappa shape index (κ1) is 9.23. The lowest BCUT2D eigenvalue weighted by Gasteiger charge is -2.02. The van der Waals surface area contributed by atoms with Crippen molar-refractivity contribution in [1.82, 2.24) is 4.98 Å². The molecule has 0 bridgehead atoms. The largest absolute Gasteiger partial charge is 0.251 e. The maximum Gasteiger partial charge on any atom is 0.0706 e. The Morgan fingerprint density at radius 1 is 1.36 bits per heavy atom. The van der Waals surface area contributed by atoms with E-state index in [4.69, 9.17) is 6.42 Å². The summed E-state index contributed by atoms with van der Waals surface area (Å²) >= 11 is 3.46. The van der Waals surface area contributed by atoms with Crippen LogP contribution in [-0.4, -0.2) is 4.98 Å². The molecule has 0 aliphatic heterocycles. The van der Waals surface area contributed by atoms with Gasteiger partial charge in [0.2, 0.25) is 0 Å². The molecule has 0 saturated carbocycles. The first-order valence-corrected chi connectivity index (χ1v) is 5.08. The fourth-order valence-electron chi connectivity index (χ4n) is 1.35. The third-order valence-corrected chi connectivity index (χ3v) is 2.71. The van der Waals surface area contributed by atoms with Crippen LogP contribution in [0.3, 0.4) is 0 Å². The van der Waals surface area contributed by atoms with Gasteiger partial charge in [-0.2, -0.15) is 0 Å². The maximum absolute atomic E-state index is 5.26. The van der Waals surface area contributed by atoms with Crippen molar-refractivity contribution in [1.29, 1.82) is 0 Å². The van der Waals surface area contributed by atoms with Crippen molar-refractivity contribution in [2.45, 2.75) is 6.42 Å². The van der Waals surface area contributed by atoms with Crippen LogP contribution in [0.2, 0.25) is 0 Å². The molecule has 1 aromatic carbocycles. The van der Waals surface area contributed by atoms with Crippen molar-refractivity contribution < 1.29 is 0 Å². The number of benzene rings is 1. The molecule has 0 atom stereocenters. The summed E-state index contributed by atoms with van der Waals surface area (Å²) in [5.74, 6) is 2.60. The molecule has 0 fully saturated rings. The molecular formula is C12H8BrN. The van der Waals surface area contributed by atoms with E-state index in [1.807, 2.05) is 24.3 Å². The molecule has 1 heterocycles. The maximum atomic E-state index is 5.26. The number of rotatable bonds is 1. The van der Waals surface area contributed by atoms with Crippen LogP contribution in [0.25, 0.3) is 10.9 Å². The van der Waals surface area contributed by atoms with Gasteiger partial charge in [0.25, 0.3) is 0 Å². The van der Waals surface area contributed by atoms with Crippen LogP contribution >= 0.6 is 15.9 Å².